The number of aromatic amines is 1. The summed E-state index contributed by atoms with van der Waals surface area (Å²) in [7, 11) is 0. The predicted molar refractivity (Wildman–Crippen MR) is 72.8 cm³/mol. The third-order valence-corrected chi connectivity index (χ3v) is 3.08. The van der Waals surface area contributed by atoms with Gasteiger partial charge in [-0.1, -0.05) is 35.3 Å². The largest absolute Gasteiger partial charge is 0.329 e. The van der Waals surface area contributed by atoms with Gasteiger partial charge in [0.1, 0.15) is 11.8 Å². The van der Waals surface area contributed by atoms with Crippen LogP contribution < -0.4 is 11.2 Å². The zero-order valence-electron chi connectivity index (χ0n) is 9.62. The van der Waals surface area contributed by atoms with Crippen LogP contribution in [0.2, 0.25) is 10.2 Å². The van der Waals surface area contributed by atoms with E-state index in [9.17, 15) is 14.0 Å². The zero-order chi connectivity index (χ0) is 14.0. The van der Waals surface area contributed by atoms with E-state index >= 15 is 0 Å². The SMILES string of the molecule is O=c1[nH]c(Cl)c(-c2cccc(Cl)c2)c(=O)n1CCF. The first-order valence-electron chi connectivity index (χ1n) is 5.39. The summed E-state index contributed by atoms with van der Waals surface area (Å²) < 4.78 is 13.1. The van der Waals surface area contributed by atoms with Gasteiger partial charge in [-0.05, 0) is 17.7 Å². The van der Waals surface area contributed by atoms with Crippen molar-refractivity contribution in [3.8, 4) is 11.1 Å². The van der Waals surface area contributed by atoms with Gasteiger partial charge in [0.2, 0.25) is 0 Å². The Morgan fingerprint density at radius 3 is 2.63 bits per heavy atom. The van der Waals surface area contributed by atoms with Crippen LogP contribution in [-0.2, 0) is 6.54 Å². The smallest absolute Gasteiger partial charge is 0.297 e. The average Bonchev–Trinajstić information content (AvgIpc) is 2.34. The van der Waals surface area contributed by atoms with E-state index in [2.05, 4.69) is 4.98 Å². The van der Waals surface area contributed by atoms with Crippen molar-refractivity contribution in [2.45, 2.75) is 6.54 Å². The molecular weight excluding hydrogens is 294 g/mol. The second-order valence-corrected chi connectivity index (χ2v) is 4.59. The number of benzene rings is 1. The van der Waals surface area contributed by atoms with Crippen LogP contribution in [0.4, 0.5) is 4.39 Å². The van der Waals surface area contributed by atoms with Crippen molar-refractivity contribution in [3.05, 3.63) is 55.3 Å². The summed E-state index contributed by atoms with van der Waals surface area (Å²) in [6.45, 7) is -1.14. The van der Waals surface area contributed by atoms with Crippen molar-refractivity contribution in [2.24, 2.45) is 0 Å². The number of hydrogen-bond acceptors (Lipinski definition) is 2. The van der Waals surface area contributed by atoms with Crippen molar-refractivity contribution >= 4 is 23.2 Å². The quantitative estimate of drug-likeness (QED) is 0.886. The Kier molecular flexibility index (Phi) is 4.07. The number of alkyl halides is 1. The molecule has 7 heteroatoms. The standard InChI is InChI=1S/C12H9Cl2FN2O2/c13-8-3-1-2-7(6-8)9-10(14)16-12(19)17(5-4-15)11(9)18/h1-3,6H,4-5H2,(H,16,19). The van der Waals surface area contributed by atoms with Crippen LogP contribution in [0.3, 0.4) is 0 Å². The fourth-order valence-electron chi connectivity index (χ4n) is 1.73. The molecule has 0 saturated carbocycles. The van der Waals surface area contributed by atoms with Crippen molar-refractivity contribution in [3.63, 3.8) is 0 Å². The van der Waals surface area contributed by atoms with Crippen LogP contribution in [0.1, 0.15) is 0 Å². The summed E-state index contributed by atoms with van der Waals surface area (Å²) in [4.78, 5) is 26.0. The number of H-pyrrole nitrogens is 1. The minimum Gasteiger partial charge on any atom is -0.297 e. The molecule has 2 aromatic rings. The molecule has 4 nitrogen and oxygen atoms in total. The maximum atomic E-state index is 12.4. The second kappa shape index (κ2) is 5.59. The molecule has 1 heterocycles. The lowest BCUT2D eigenvalue weighted by atomic mass is 10.1. The van der Waals surface area contributed by atoms with Gasteiger partial charge < -0.3 is 0 Å². The number of hydrogen-bond donors (Lipinski definition) is 1. The molecule has 19 heavy (non-hydrogen) atoms. The molecule has 0 unspecified atom stereocenters. The highest BCUT2D eigenvalue weighted by molar-refractivity contribution is 6.32. The van der Waals surface area contributed by atoms with Gasteiger partial charge >= 0.3 is 5.69 Å². The van der Waals surface area contributed by atoms with E-state index in [0.29, 0.717) is 10.6 Å². The fourth-order valence-corrected chi connectivity index (χ4v) is 2.19. The minimum absolute atomic E-state index is 0.0904. The Labute approximate surface area is 117 Å². The van der Waals surface area contributed by atoms with E-state index in [1.807, 2.05) is 0 Å². The summed E-state index contributed by atoms with van der Waals surface area (Å²) in [5.74, 6) is 0. The Morgan fingerprint density at radius 2 is 2.00 bits per heavy atom. The van der Waals surface area contributed by atoms with Gasteiger partial charge in [0.15, 0.2) is 0 Å². The van der Waals surface area contributed by atoms with E-state index < -0.39 is 17.9 Å². The molecule has 0 bridgehead atoms. The average molecular weight is 303 g/mol. The van der Waals surface area contributed by atoms with Gasteiger partial charge in [-0.3, -0.25) is 14.3 Å². The van der Waals surface area contributed by atoms with Crippen LogP contribution in [0, 0.1) is 0 Å². The zero-order valence-corrected chi connectivity index (χ0v) is 11.1. The molecule has 0 atom stereocenters. The van der Waals surface area contributed by atoms with Crippen molar-refractivity contribution in [2.75, 3.05) is 6.67 Å². The predicted octanol–water partition coefficient (Wildman–Crippen LogP) is 2.48. The van der Waals surface area contributed by atoms with Crippen molar-refractivity contribution in [1.82, 2.24) is 9.55 Å². The van der Waals surface area contributed by atoms with Crippen molar-refractivity contribution in [1.29, 1.82) is 0 Å². The van der Waals surface area contributed by atoms with Crippen LogP contribution in [0.15, 0.2) is 33.9 Å². The van der Waals surface area contributed by atoms with E-state index in [0.717, 1.165) is 4.57 Å². The molecule has 0 aliphatic heterocycles. The molecule has 0 saturated heterocycles. The highest BCUT2D eigenvalue weighted by Gasteiger charge is 2.14. The molecule has 0 aliphatic rings. The Bertz CT molecular complexity index is 724. The minimum atomic E-state index is -0.820. The molecule has 2 rings (SSSR count). The molecule has 1 N–H and O–H groups in total. The topological polar surface area (TPSA) is 54.9 Å². The summed E-state index contributed by atoms with van der Waals surface area (Å²) in [5, 5.41) is 0.337. The number of rotatable bonds is 3. The molecule has 0 aliphatic carbocycles. The molecular formula is C12H9Cl2FN2O2. The number of aromatic nitrogens is 2. The van der Waals surface area contributed by atoms with E-state index in [1.165, 1.54) is 0 Å². The Balaban J connectivity index is 2.74. The first-order chi connectivity index (χ1) is 9.04. The number of nitrogens with zero attached hydrogens (tertiary/aromatic N) is 1. The molecule has 0 amide bonds. The Morgan fingerprint density at radius 1 is 1.26 bits per heavy atom. The number of nitrogens with one attached hydrogen (secondary N) is 1. The van der Waals surface area contributed by atoms with Gasteiger partial charge in [-0.15, -0.1) is 0 Å². The van der Waals surface area contributed by atoms with E-state index in [4.69, 9.17) is 23.2 Å². The maximum Gasteiger partial charge on any atom is 0.329 e. The highest BCUT2D eigenvalue weighted by atomic mass is 35.5. The first-order valence-corrected chi connectivity index (χ1v) is 6.14. The molecule has 1 aromatic carbocycles. The maximum absolute atomic E-state index is 12.4. The first kappa shape index (κ1) is 13.8. The molecule has 0 fully saturated rings. The van der Waals surface area contributed by atoms with Gasteiger partial charge in [0.25, 0.3) is 5.56 Å². The van der Waals surface area contributed by atoms with Crippen molar-refractivity contribution < 1.29 is 4.39 Å². The fraction of sp³-hybridized carbons (Fsp3) is 0.167. The lowest BCUT2D eigenvalue weighted by molar-refractivity contribution is 0.432. The summed E-state index contributed by atoms with van der Waals surface area (Å²) in [6, 6.07) is 6.47. The summed E-state index contributed by atoms with van der Waals surface area (Å²) in [6.07, 6.45) is 0. The van der Waals surface area contributed by atoms with Gasteiger partial charge in [0.05, 0.1) is 12.1 Å². The van der Waals surface area contributed by atoms with Crippen LogP contribution >= 0.6 is 23.2 Å². The summed E-state index contributed by atoms with van der Waals surface area (Å²) in [5.41, 5.74) is -0.823. The van der Waals surface area contributed by atoms with Crippen LogP contribution in [-0.4, -0.2) is 16.2 Å². The number of halogens is 3. The lowest BCUT2D eigenvalue weighted by Gasteiger charge is -2.08. The van der Waals surface area contributed by atoms with Gasteiger partial charge in [-0.2, -0.15) is 0 Å². The third-order valence-electron chi connectivity index (χ3n) is 2.56. The molecule has 0 spiro atoms. The molecule has 100 valence electrons. The third kappa shape index (κ3) is 2.72. The van der Waals surface area contributed by atoms with Crippen LogP contribution in [0.5, 0.6) is 0 Å². The van der Waals surface area contributed by atoms with Gasteiger partial charge in [0, 0.05) is 5.02 Å². The second-order valence-electron chi connectivity index (χ2n) is 3.78. The summed E-state index contributed by atoms with van der Waals surface area (Å²) >= 11 is 11.7. The van der Waals surface area contributed by atoms with E-state index in [1.54, 1.807) is 24.3 Å². The van der Waals surface area contributed by atoms with Gasteiger partial charge in [-0.25, -0.2) is 9.18 Å². The van der Waals surface area contributed by atoms with E-state index in [-0.39, 0.29) is 17.3 Å². The lowest BCUT2D eigenvalue weighted by Crippen LogP contribution is -2.36. The van der Waals surface area contributed by atoms with Crippen LogP contribution in [0.25, 0.3) is 11.1 Å². The normalized spacial score (nSPS) is 10.7. The highest BCUT2D eigenvalue weighted by Crippen LogP contribution is 2.24. The monoisotopic (exact) mass is 302 g/mol. The molecule has 1 aromatic heterocycles. The molecule has 0 radical (unpaired) electrons. The Hall–Kier alpha value is -1.59.